The van der Waals surface area contributed by atoms with Gasteiger partial charge in [-0.3, -0.25) is 0 Å². The monoisotopic (exact) mass is 279 g/mol. The van der Waals surface area contributed by atoms with Crippen molar-refractivity contribution in [3.05, 3.63) is 46.1 Å². The van der Waals surface area contributed by atoms with Crippen LogP contribution in [0.2, 0.25) is 0 Å². The average molecular weight is 279 g/mol. The lowest BCUT2D eigenvalue weighted by Gasteiger charge is -2.17. The minimum atomic E-state index is 0.324. The molecule has 21 heavy (non-hydrogen) atoms. The second-order valence-electron chi connectivity index (χ2n) is 5.49. The van der Waals surface area contributed by atoms with Gasteiger partial charge >= 0.3 is 0 Å². The third-order valence-electron chi connectivity index (χ3n) is 3.80. The SMILES string of the molecule is CCCc1c(C)nc(N)c(C#N)c1-c1ccc(C)cc1C. The predicted molar refractivity (Wildman–Crippen MR) is 87.0 cm³/mol. The highest BCUT2D eigenvalue weighted by Gasteiger charge is 2.18. The fourth-order valence-electron chi connectivity index (χ4n) is 2.82. The van der Waals surface area contributed by atoms with Gasteiger partial charge in [-0.25, -0.2) is 4.98 Å². The molecule has 0 bridgehead atoms. The molecule has 2 N–H and O–H groups in total. The van der Waals surface area contributed by atoms with Crippen LogP contribution in [0.3, 0.4) is 0 Å². The third kappa shape index (κ3) is 2.75. The van der Waals surface area contributed by atoms with Crippen LogP contribution in [0.25, 0.3) is 11.1 Å². The van der Waals surface area contributed by atoms with Crippen LogP contribution in [0.5, 0.6) is 0 Å². The summed E-state index contributed by atoms with van der Waals surface area (Å²) in [7, 11) is 0. The van der Waals surface area contributed by atoms with Crippen LogP contribution in [0.15, 0.2) is 18.2 Å². The number of hydrogen-bond acceptors (Lipinski definition) is 3. The number of nitrogen functional groups attached to an aromatic ring is 1. The predicted octanol–water partition coefficient (Wildman–Crippen LogP) is 4.08. The Morgan fingerprint density at radius 3 is 2.52 bits per heavy atom. The summed E-state index contributed by atoms with van der Waals surface area (Å²) < 4.78 is 0. The first-order chi connectivity index (χ1) is 9.99. The molecule has 0 unspecified atom stereocenters. The van der Waals surface area contributed by atoms with Crippen molar-refractivity contribution in [1.82, 2.24) is 4.98 Å². The van der Waals surface area contributed by atoms with Gasteiger partial charge in [0.2, 0.25) is 0 Å². The number of anilines is 1. The van der Waals surface area contributed by atoms with Crippen LogP contribution in [-0.2, 0) is 6.42 Å². The summed E-state index contributed by atoms with van der Waals surface area (Å²) in [5, 5.41) is 9.52. The summed E-state index contributed by atoms with van der Waals surface area (Å²) in [5.41, 5.74) is 12.9. The molecule has 0 saturated carbocycles. The van der Waals surface area contributed by atoms with Gasteiger partial charge in [0, 0.05) is 11.3 Å². The second kappa shape index (κ2) is 5.97. The first kappa shape index (κ1) is 15.1. The summed E-state index contributed by atoms with van der Waals surface area (Å²) in [6, 6.07) is 8.54. The summed E-state index contributed by atoms with van der Waals surface area (Å²) in [4.78, 5) is 4.35. The average Bonchev–Trinajstić information content (AvgIpc) is 2.42. The molecular weight excluding hydrogens is 258 g/mol. The van der Waals surface area contributed by atoms with Gasteiger partial charge in [0.05, 0.1) is 0 Å². The first-order valence-electron chi connectivity index (χ1n) is 7.26. The molecule has 2 aromatic rings. The molecule has 0 amide bonds. The highest BCUT2D eigenvalue weighted by molar-refractivity contribution is 5.81. The van der Waals surface area contributed by atoms with Gasteiger partial charge in [-0.05, 0) is 43.9 Å². The van der Waals surface area contributed by atoms with Crippen molar-refractivity contribution >= 4 is 5.82 Å². The Hall–Kier alpha value is -2.34. The van der Waals surface area contributed by atoms with E-state index in [1.54, 1.807) is 0 Å². The summed E-state index contributed by atoms with van der Waals surface area (Å²) in [6.45, 7) is 8.25. The Kier molecular flexibility index (Phi) is 4.28. The Balaban J connectivity index is 2.85. The molecule has 0 aliphatic rings. The fourth-order valence-corrected chi connectivity index (χ4v) is 2.82. The Morgan fingerprint density at radius 1 is 1.24 bits per heavy atom. The molecule has 108 valence electrons. The van der Waals surface area contributed by atoms with Gasteiger partial charge in [-0.1, -0.05) is 37.1 Å². The van der Waals surface area contributed by atoms with E-state index in [9.17, 15) is 5.26 Å². The van der Waals surface area contributed by atoms with Crippen molar-refractivity contribution in [2.24, 2.45) is 0 Å². The molecule has 0 fully saturated rings. The maximum Gasteiger partial charge on any atom is 0.142 e. The summed E-state index contributed by atoms with van der Waals surface area (Å²) >= 11 is 0. The largest absolute Gasteiger partial charge is 0.383 e. The van der Waals surface area contributed by atoms with Crippen LogP contribution < -0.4 is 5.73 Å². The lowest BCUT2D eigenvalue weighted by molar-refractivity contribution is 0.900. The van der Waals surface area contributed by atoms with E-state index in [-0.39, 0.29) is 0 Å². The Morgan fingerprint density at radius 2 is 1.95 bits per heavy atom. The van der Waals surface area contributed by atoms with Crippen molar-refractivity contribution in [2.45, 2.75) is 40.5 Å². The molecule has 0 spiro atoms. The molecule has 0 aliphatic carbocycles. The van der Waals surface area contributed by atoms with E-state index in [4.69, 9.17) is 5.73 Å². The number of nitriles is 1. The number of nitrogens with two attached hydrogens (primary N) is 1. The number of nitrogens with zero attached hydrogens (tertiary/aromatic N) is 2. The van der Waals surface area contributed by atoms with Crippen LogP contribution in [0, 0.1) is 32.1 Å². The molecule has 1 aromatic heterocycles. The van der Waals surface area contributed by atoms with Gasteiger partial charge in [-0.2, -0.15) is 5.26 Å². The minimum Gasteiger partial charge on any atom is -0.383 e. The zero-order chi connectivity index (χ0) is 15.6. The molecule has 1 heterocycles. The third-order valence-corrected chi connectivity index (χ3v) is 3.80. The van der Waals surface area contributed by atoms with E-state index in [1.807, 2.05) is 6.92 Å². The lowest BCUT2D eigenvalue weighted by atomic mass is 9.89. The number of benzene rings is 1. The normalized spacial score (nSPS) is 10.4. The highest BCUT2D eigenvalue weighted by atomic mass is 14.8. The van der Waals surface area contributed by atoms with Gasteiger partial charge in [0.1, 0.15) is 17.5 Å². The van der Waals surface area contributed by atoms with Gasteiger partial charge in [0.25, 0.3) is 0 Å². The van der Waals surface area contributed by atoms with E-state index in [0.29, 0.717) is 11.4 Å². The first-order valence-corrected chi connectivity index (χ1v) is 7.26. The maximum absolute atomic E-state index is 9.52. The molecule has 3 nitrogen and oxygen atoms in total. The molecule has 0 aliphatic heterocycles. The van der Waals surface area contributed by atoms with Gasteiger partial charge in [-0.15, -0.1) is 0 Å². The van der Waals surface area contributed by atoms with E-state index < -0.39 is 0 Å². The van der Waals surface area contributed by atoms with E-state index in [1.165, 1.54) is 5.56 Å². The van der Waals surface area contributed by atoms with E-state index >= 15 is 0 Å². The van der Waals surface area contributed by atoms with Crippen molar-refractivity contribution < 1.29 is 0 Å². The molecule has 0 radical (unpaired) electrons. The van der Waals surface area contributed by atoms with E-state index in [0.717, 1.165) is 40.8 Å². The lowest BCUT2D eigenvalue weighted by Crippen LogP contribution is -2.06. The van der Waals surface area contributed by atoms with Gasteiger partial charge in [0.15, 0.2) is 0 Å². The number of aryl methyl sites for hydroxylation is 3. The van der Waals surface area contributed by atoms with Crippen LogP contribution in [0.1, 0.15) is 41.3 Å². The summed E-state index contributed by atoms with van der Waals surface area (Å²) in [6.07, 6.45) is 1.91. The Labute approximate surface area is 126 Å². The molecule has 2 rings (SSSR count). The molecule has 1 aromatic carbocycles. The van der Waals surface area contributed by atoms with Gasteiger partial charge < -0.3 is 5.73 Å². The molecule has 0 saturated heterocycles. The fraction of sp³-hybridized carbons (Fsp3) is 0.333. The smallest absolute Gasteiger partial charge is 0.142 e. The zero-order valence-corrected chi connectivity index (χ0v) is 13.1. The topological polar surface area (TPSA) is 62.7 Å². The van der Waals surface area contributed by atoms with E-state index in [2.05, 4.69) is 50.0 Å². The second-order valence-corrected chi connectivity index (χ2v) is 5.49. The number of rotatable bonds is 3. The number of hydrogen-bond donors (Lipinski definition) is 1. The minimum absolute atomic E-state index is 0.324. The molecule has 0 atom stereocenters. The quantitative estimate of drug-likeness (QED) is 0.920. The van der Waals surface area contributed by atoms with Crippen molar-refractivity contribution in [1.29, 1.82) is 5.26 Å². The Bertz CT molecular complexity index is 724. The highest BCUT2D eigenvalue weighted by Crippen LogP contribution is 2.35. The standard InChI is InChI=1S/C18H21N3/c1-5-6-15-13(4)21-18(20)16(10-19)17(15)14-8-7-11(2)9-12(14)3/h7-9H,5-6H2,1-4H3,(H2,20,21). The van der Waals surface area contributed by atoms with Crippen LogP contribution >= 0.6 is 0 Å². The van der Waals surface area contributed by atoms with Crippen molar-refractivity contribution in [3.63, 3.8) is 0 Å². The van der Waals surface area contributed by atoms with Crippen LogP contribution in [0.4, 0.5) is 5.82 Å². The number of aromatic nitrogens is 1. The maximum atomic E-state index is 9.52. The zero-order valence-electron chi connectivity index (χ0n) is 13.1. The number of pyridine rings is 1. The van der Waals surface area contributed by atoms with Crippen molar-refractivity contribution in [3.8, 4) is 17.2 Å². The molecular formula is C18H21N3. The van der Waals surface area contributed by atoms with Crippen LogP contribution in [-0.4, -0.2) is 4.98 Å². The summed E-state index contributed by atoms with van der Waals surface area (Å²) in [5.74, 6) is 0.324. The molecule has 3 heteroatoms. The van der Waals surface area contributed by atoms with Crippen molar-refractivity contribution in [2.75, 3.05) is 5.73 Å².